The fraction of sp³-hybridized carbons (Fsp3) is 0.318. The Morgan fingerprint density at radius 2 is 1.90 bits per heavy atom. The Morgan fingerprint density at radius 3 is 2.57 bits per heavy atom. The molecule has 4 rings (SSSR count). The number of rotatable bonds is 4. The van der Waals surface area contributed by atoms with Crippen molar-refractivity contribution in [1.29, 1.82) is 0 Å². The zero-order valence-corrected chi connectivity index (χ0v) is 16.5. The van der Waals surface area contributed by atoms with Crippen LogP contribution in [0, 0.1) is 29.3 Å². The van der Waals surface area contributed by atoms with E-state index in [2.05, 4.69) is 10.3 Å². The Labute approximate surface area is 171 Å². The van der Waals surface area contributed by atoms with Crippen molar-refractivity contribution in [3.63, 3.8) is 0 Å². The highest BCUT2D eigenvalue weighted by molar-refractivity contribution is 5.96. The summed E-state index contributed by atoms with van der Waals surface area (Å²) in [6, 6.07) is 6.25. The highest BCUT2D eigenvalue weighted by Crippen LogP contribution is 2.36. The number of carbonyl (C=O) groups is 1. The van der Waals surface area contributed by atoms with Crippen molar-refractivity contribution in [2.45, 2.75) is 33.3 Å². The fourth-order valence-electron chi connectivity index (χ4n) is 3.92. The summed E-state index contributed by atoms with van der Waals surface area (Å²) in [5.41, 5.74) is -0.484. The average Bonchev–Trinajstić information content (AvgIpc) is 3.13. The molecule has 0 radical (unpaired) electrons. The molecule has 3 aromatic rings. The van der Waals surface area contributed by atoms with Gasteiger partial charge in [-0.3, -0.25) is 4.79 Å². The number of benzene rings is 2. The summed E-state index contributed by atoms with van der Waals surface area (Å²) in [6.45, 7) is 3.23. The lowest BCUT2D eigenvalue weighted by molar-refractivity contribution is 0.0927. The summed E-state index contributed by atoms with van der Waals surface area (Å²) in [7, 11) is 0. The van der Waals surface area contributed by atoms with E-state index in [0.29, 0.717) is 18.5 Å². The molecular weight excluding hydrogens is 395 g/mol. The maximum absolute atomic E-state index is 15.3. The molecule has 1 aromatic heterocycles. The van der Waals surface area contributed by atoms with Crippen molar-refractivity contribution in [2.24, 2.45) is 11.8 Å². The highest BCUT2D eigenvalue weighted by atomic mass is 19.1. The second kappa shape index (κ2) is 7.68. The van der Waals surface area contributed by atoms with Crippen LogP contribution in [0.2, 0.25) is 0 Å². The van der Waals surface area contributed by atoms with E-state index in [9.17, 15) is 18.7 Å². The number of fused-ring (bicyclic) bond motifs is 1. The van der Waals surface area contributed by atoms with Gasteiger partial charge in [0, 0.05) is 23.6 Å². The average molecular weight is 415 g/mol. The summed E-state index contributed by atoms with van der Waals surface area (Å²) < 4.78 is 45.6. The van der Waals surface area contributed by atoms with Crippen molar-refractivity contribution in [2.75, 3.05) is 0 Å². The zero-order chi connectivity index (χ0) is 21.6. The van der Waals surface area contributed by atoms with Gasteiger partial charge in [0.25, 0.3) is 0 Å². The molecule has 0 amide bonds. The molecular formula is C22H20F3N3O2. The van der Waals surface area contributed by atoms with Crippen molar-refractivity contribution in [1.82, 2.24) is 15.0 Å². The van der Waals surface area contributed by atoms with Gasteiger partial charge in [0.2, 0.25) is 0 Å². The first-order valence-electron chi connectivity index (χ1n) is 9.68. The smallest absolute Gasteiger partial charge is 0.185 e. The van der Waals surface area contributed by atoms with Gasteiger partial charge in [0.05, 0.1) is 23.6 Å². The Balaban J connectivity index is 1.91. The first kappa shape index (κ1) is 20.3. The molecule has 0 saturated heterocycles. The van der Waals surface area contributed by atoms with Crippen LogP contribution in [0.4, 0.5) is 13.2 Å². The molecule has 8 heteroatoms. The summed E-state index contributed by atoms with van der Waals surface area (Å²) in [6.07, 6.45) is 0.806. The first-order valence-corrected chi connectivity index (χ1v) is 9.68. The number of hydrogen-bond acceptors (Lipinski definition) is 4. The molecule has 5 nitrogen and oxygen atoms in total. The van der Waals surface area contributed by atoms with E-state index < -0.39 is 29.6 Å². The Bertz CT molecular complexity index is 1140. The van der Waals surface area contributed by atoms with Gasteiger partial charge < -0.3 is 5.11 Å². The van der Waals surface area contributed by atoms with Gasteiger partial charge in [-0.2, -0.15) is 0 Å². The molecule has 1 aliphatic rings. The molecule has 1 N–H and O–H groups in total. The number of carbonyl (C=O) groups excluding carboxylic acids is 1. The molecule has 0 aliphatic heterocycles. The van der Waals surface area contributed by atoms with Crippen LogP contribution in [0.25, 0.3) is 16.8 Å². The Morgan fingerprint density at radius 1 is 1.17 bits per heavy atom. The zero-order valence-electron chi connectivity index (χ0n) is 16.5. The third kappa shape index (κ3) is 3.21. The van der Waals surface area contributed by atoms with Crippen molar-refractivity contribution < 1.29 is 23.1 Å². The monoisotopic (exact) mass is 415 g/mol. The third-order valence-corrected chi connectivity index (χ3v) is 5.70. The predicted octanol–water partition coefficient (Wildman–Crippen LogP) is 4.25. The molecule has 156 valence electrons. The van der Waals surface area contributed by atoms with Crippen LogP contribution in [0.15, 0.2) is 30.3 Å². The van der Waals surface area contributed by atoms with Gasteiger partial charge in [-0.15, -0.1) is 5.10 Å². The fourth-order valence-corrected chi connectivity index (χ4v) is 3.92. The predicted molar refractivity (Wildman–Crippen MR) is 104 cm³/mol. The molecule has 0 spiro atoms. The van der Waals surface area contributed by atoms with Gasteiger partial charge >= 0.3 is 0 Å². The van der Waals surface area contributed by atoms with Crippen LogP contribution in [-0.2, 0) is 13.0 Å². The Kier molecular flexibility index (Phi) is 5.19. The van der Waals surface area contributed by atoms with Crippen LogP contribution < -0.4 is 0 Å². The third-order valence-electron chi connectivity index (χ3n) is 5.70. The minimum atomic E-state index is -1.08. The maximum atomic E-state index is 15.3. The summed E-state index contributed by atoms with van der Waals surface area (Å²) >= 11 is 0. The number of hydrogen-bond donors (Lipinski definition) is 1. The molecule has 1 aliphatic carbocycles. The number of Topliss-reactive ketones (excluding diaryl/α,β-unsaturated/α-hetero) is 1. The number of aliphatic hydroxyl groups excluding tert-OH is 1. The normalized spacial score (nSPS) is 16.2. The molecule has 1 unspecified atom stereocenters. The van der Waals surface area contributed by atoms with E-state index in [1.165, 1.54) is 22.9 Å². The van der Waals surface area contributed by atoms with Gasteiger partial charge in [-0.25, -0.2) is 17.9 Å². The maximum Gasteiger partial charge on any atom is 0.185 e. The lowest BCUT2D eigenvalue weighted by atomic mass is 9.81. The van der Waals surface area contributed by atoms with Crippen LogP contribution in [0.5, 0.6) is 0 Å². The van der Waals surface area contributed by atoms with Gasteiger partial charge in [0.15, 0.2) is 11.5 Å². The van der Waals surface area contributed by atoms with Gasteiger partial charge in [-0.05, 0) is 24.3 Å². The van der Waals surface area contributed by atoms with Crippen LogP contribution in [0.3, 0.4) is 0 Å². The summed E-state index contributed by atoms with van der Waals surface area (Å²) in [4.78, 5) is 12.5. The van der Waals surface area contributed by atoms with E-state index in [0.717, 1.165) is 12.1 Å². The van der Waals surface area contributed by atoms with Gasteiger partial charge in [-0.1, -0.05) is 37.3 Å². The number of aromatic nitrogens is 3. The SMILES string of the molecule is CC(C)C1CC(=O)c2nnn(-c3cc(F)c(-c4ccccc4F)c(F)c3CO)c2C1. The van der Waals surface area contributed by atoms with Crippen molar-refractivity contribution >= 4 is 5.78 Å². The molecule has 0 fully saturated rings. The van der Waals surface area contributed by atoms with E-state index >= 15 is 4.39 Å². The molecule has 1 heterocycles. The minimum Gasteiger partial charge on any atom is -0.391 e. The van der Waals surface area contributed by atoms with Crippen molar-refractivity contribution in [3.05, 3.63) is 64.7 Å². The molecule has 2 aromatic carbocycles. The highest BCUT2D eigenvalue weighted by Gasteiger charge is 2.33. The van der Waals surface area contributed by atoms with Crippen molar-refractivity contribution in [3.8, 4) is 16.8 Å². The lowest BCUT2D eigenvalue weighted by Crippen LogP contribution is -2.25. The van der Waals surface area contributed by atoms with E-state index in [1.54, 1.807) is 0 Å². The first-order chi connectivity index (χ1) is 14.3. The largest absolute Gasteiger partial charge is 0.391 e. The van der Waals surface area contributed by atoms with E-state index in [4.69, 9.17) is 0 Å². The number of nitrogens with zero attached hydrogens (tertiary/aromatic N) is 3. The number of aliphatic hydroxyl groups is 1. The second-order valence-corrected chi connectivity index (χ2v) is 7.82. The lowest BCUT2D eigenvalue weighted by Gasteiger charge is -2.25. The molecule has 30 heavy (non-hydrogen) atoms. The molecule has 0 bridgehead atoms. The minimum absolute atomic E-state index is 0.0483. The summed E-state index contributed by atoms with van der Waals surface area (Å²) in [5, 5.41) is 17.7. The summed E-state index contributed by atoms with van der Waals surface area (Å²) in [5.74, 6) is -2.76. The molecule has 1 atom stereocenters. The second-order valence-electron chi connectivity index (χ2n) is 7.82. The van der Waals surface area contributed by atoms with E-state index in [1.807, 2.05) is 13.8 Å². The van der Waals surface area contributed by atoms with Crippen LogP contribution >= 0.6 is 0 Å². The topological polar surface area (TPSA) is 68.0 Å². The standard InChI is InChI=1S/C22H20F3N3O2/c1-11(2)12-7-18-22(19(30)8-12)26-27-28(18)17-9-16(24)20(21(25)14(17)10-29)13-5-3-4-6-15(13)23/h3-6,9,11-12,29H,7-8,10H2,1-2H3. The van der Waals surface area contributed by atoms with Crippen LogP contribution in [0.1, 0.15) is 42.0 Å². The number of halogens is 3. The van der Waals surface area contributed by atoms with Crippen LogP contribution in [-0.4, -0.2) is 25.9 Å². The number of ketones is 1. The Hall–Kier alpha value is -3.00. The van der Waals surface area contributed by atoms with Gasteiger partial charge in [0.1, 0.15) is 17.5 Å². The molecule has 0 saturated carbocycles. The quantitative estimate of drug-likeness (QED) is 0.692. The van der Waals surface area contributed by atoms with E-state index in [-0.39, 0.29) is 40.1 Å².